The van der Waals surface area contributed by atoms with Gasteiger partial charge in [-0.15, -0.1) is 0 Å². The van der Waals surface area contributed by atoms with E-state index in [4.69, 9.17) is 9.47 Å². The maximum Gasteiger partial charge on any atom is 0.349 e. The predicted octanol–water partition coefficient (Wildman–Crippen LogP) is 6.07. The van der Waals surface area contributed by atoms with Crippen LogP contribution in [0, 0.1) is 11.3 Å². The summed E-state index contributed by atoms with van der Waals surface area (Å²) < 4.78 is 12.3. The number of esters is 2. The number of carbonyl (C=O) groups excluding carboxylic acids is 2. The summed E-state index contributed by atoms with van der Waals surface area (Å²) in [6, 6.07) is 20.0. The minimum Gasteiger partial charge on any atom is -0.459 e. The van der Waals surface area contributed by atoms with Crippen molar-refractivity contribution in [2.75, 3.05) is 13.2 Å². The number of carbonyl (C=O) groups is 2. The van der Waals surface area contributed by atoms with E-state index in [9.17, 15) is 14.9 Å². The smallest absolute Gasteiger partial charge is 0.349 e. The molecule has 1 heterocycles. The second kappa shape index (κ2) is 13.0. The van der Waals surface area contributed by atoms with Crippen LogP contribution in [0.25, 0.3) is 28.2 Å². The highest BCUT2D eigenvalue weighted by Gasteiger charge is 2.20. The number of hydrogen-bond acceptors (Lipinski definition) is 5. The van der Waals surface area contributed by atoms with Gasteiger partial charge in [0.2, 0.25) is 0 Å². The first-order valence-electron chi connectivity index (χ1n) is 11.9. The topological polar surface area (TPSA) is 81.3 Å². The molecule has 0 N–H and O–H groups in total. The molecule has 0 radical (unpaired) electrons. The van der Waals surface area contributed by atoms with Crippen LogP contribution in [0.1, 0.15) is 38.2 Å². The minimum absolute atomic E-state index is 0.109. The van der Waals surface area contributed by atoms with Crippen LogP contribution in [0.4, 0.5) is 0 Å². The van der Waals surface area contributed by atoms with E-state index < -0.39 is 11.9 Å². The molecular formula is C29H30N2O4. The third-order valence-electron chi connectivity index (χ3n) is 5.65. The Bertz CT molecular complexity index is 1250. The highest BCUT2D eigenvalue weighted by atomic mass is 16.6. The van der Waals surface area contributed by atoms with Crippen LogP contribution >= 0.6 is 0 Å². The third-order valence-corrected chi connectivity index (χ3v) is 5.65. The van der Waals surface area contributed by atoms with Crippen LogP contribution in [0.5, 0.6) is 0 Å². The fourth-order valence-electron chi connectivity index (χ4n) is 4.01. The van der Waals surface area contributed by atoms with Gasteiger partial charge >= 0.3 is 11.9 Å². The lowest BCUT2D eigenvalue weighted by atomic mass is 10.0. The molecule has 0 atom stereocenters. The standard InChI is InChI=1S/C29H30N2O4/c1-3-5-6-12-17-31-26-16-11-10-15-24(26)25(28(31)22-13-8-7-9-14-22)20-23(21-30)29(33)35-19-18-34-27(32)4-2/h4,7-11,13-16,20H,2-3,5-6,12,17-19H2,1H3. The van der Waals surface area contributed by atoms with E-state index in [0.717, 1.165) is 59.6 Å². The van der Waals surface area contributed by atoms with Crippen molar-refractivity contribution in [2.24, 2.45) is 0 Å². The average molecular weight is 471 g/mol. The molecule has 6 nitrogen and oxygen atoms in total. The zero-order chi connectivity index (χ0) is 25.0. The van der Waals surface area contributed by atoms with Crippen molar-refractivity contribution >= 4 is 28.9 Å². The summed E-state index contributed by atoms with van der Waals surface area (Å²) >= 11 is 0. The van der Waals surface area contributed by atoms with Crippen molar-refractivity contribution in [1.29, 1.82) is 5.26 Å². The first kappa shape index (κ1) is 25.5. The molecule has 1 aromatic heterocycles. The van der Waals surface area contributed by atoms with E-state index in [1.165, 1.54) is 6.42 Å². The first-order chi connectivity index (χ1) is 17.1. The van der Waals surface area contributed by atoms with Gasteiger partial charge in [0.1, 0.15) is 24.9 Å². The molecule has 180 valence electrons. The second-order valence-electron chi connectivity index (χ2n) is 8.04. The molecule has 2 aromatic carbocycles. The zero-order valence-corrected chi connectivity index (χ0v) is 20.0. The molecule has 3 rings (SSSR count). The van der Waals surface area contributed by atoms with E-state index in [1.807, 2.05) is 54.6 Å². The first-order valence-corrected chi connectivity index (χ1v) is 11.9. The van der Waals surface area contributed by atoms with Gasteiger partial charge in [0, 0.05) is 29.1 Å². The van der Waals surface area contributed by atoms with Crippen LogP contribution in [-0.2, 0) is 25.6 Å². The van der Waals surface area contributed by atoms with Crippen LogP contribution in [0.3, 0.4) is 0 Å². The summed E-state index contributed by atoms with van der Waals surface area (Å²) in [7, 11) is 0. The van der Waals surface area contributed by atoms with Gasteiger partial charge in [0.15, 0.2) is 0 Å². The Labute approximate surface area is 206 Å². The lowest BCUT2D eigenvalue weighted by Gasteiger charge is -2.12. The largest absolute Gasteiger partial charge is 0.459 e. The van der Waals surface area contributed by atoms with Gasteiger partial charge in [0.05, 0.1) is 5.69 Å². The molecule has 0 aliphatic rings. The van der Waals surface area contributed by atoms with Crippen LogP contribution in [0.2, 0.25) is 0 Å². The number of benzene rings is 2. The maximum atomic E-state index is 12.6. The van der Waals surface area contributed by atoms with E-state index in [2.05, 4.69) is 24.1 Å². The third kappa shape index (κ3) is 6.48. The molecule has 0 aliphatic heterocycles. The van der Waals surface area contributed by atoms with Gasteiger partial charge < -0.3 is 14.0 Å². The molecule has 0 aliphatic carbocycles. The van der Waals surface area contributed by atoms with Crippen molar-refractivity contribution in [2.45, 2.75) is 39.2 Å². The summed E-state index contributed by atoms with van der Waals surface area (Å²) in [6.07, 6.45) is 7.14. The molecule has 0 unspecified atom stereocenters. The number of rotatable bonds is 12. The summed E-state index contributed by atoms with van der Waals surface area (Å²) in [5, 5.41) is 10.7. The minimum atomic E-state index is -0.763. The number of nitriles is 1. The lowest BCUT2D eigenvalue weighted by molar-refractivity contribution is -0.146. The van der Waals surface area contributed by atoms with Crippen molar-refractivity contribution in [3.05, 3.63) is 78.4 Å². The Morgan fingerprint density at radius 3 is 2.43 bits per heavy atom. The number of fused-ring (bicyclic) bond motifs is 1. The molecule has 3 aromatic rings. The monoisotopic (exact) mass is 470 g/mol. The fraction of sp³-hybridized carbons (Fsp3) is 0.276. The fourth-order valence-corrected chi connectivity index (χ4v) is 4.01. The Hall–Kier alpha value is -4.11. The van der Waals surface area contributed by atoms with E-state index in [0.29, 0.717) is 0 Å². The van der Waals surface area contributed by atoms with Crippen molar-refractivity contribution in [3.63, 3.8) is 0 Å². The van der Waals surface area contributed by atoms with Gasteiger partial charge in [0.25, 0.3) is 0 Å². The number of nitrogens with zero attached hydrogens (tertiary/aromatic N) is 2. The van der Waals surface area contributed by atoms with Gasteiger partial charge in [-0.3, -0.25) is 0 Å². The van der Waals surface area contributed by atoms with Crippen LogP contribution < -0.4 is 0 Å². The number of hydrogen-bond donors (Lipinski definition) is 0. The number of aryl methyl sites for hydroxylation is 1. The van der Waals surface area contributed by atoms with Crippen molar-refractivity contribution in [1.82, 2.24) is 4.57 Å². The number of aromatic nitrogens is 1. The van der Waals surface area contributed by atoms with Gasteiger partial charge in [-0.25, -0.2) is 9.59 Å². The quantitative estimate of drug-likeness (QED) is 0.139. The summed E-state index contributed by atoms with van der Waals surface area (Å²) in [5.74, 6) is -1.36. The summed E-state index contributed by atoms with van der Waals surface area (Å²) in [5.41, 5.74) is 3.70. The second-order valence-corrected chi connectivity index (χ2v) is 8.04. The van der Waals surface area contributed by atoms with E-state index >= 15 is 0 Å². The Morgan fingerprint density at radius 2 is 1.71 bits per heavy atom. The number of para-hydroxylation sites is 1. The molecule has 0 amide bonds. The van der Waals surface area contributed by atoms with Gasteiger partial charge in [-0.2, -0.15) is 5.26 Å². The SMILES string of the molecule is C=CC(=O)OCCOC(=O)C(C#N)=Cc1c(-c2ccccc2)n(CCCCCC)c2ccccc12. The molecule has 0 saturated heterocycles. The molecule has 0 bridgehead atoms. The predicted molar refractivity (Wildman–Crippen MR) is 137 cm³/mol. The molecular weight excluding hydrogens is 440 g/mol. The highest BCUT2D eigenvalue weighted by molar-refractivity contribution is 6.04. The molecule has 6 heteroatoms. The van der Waals surface area contributed by atoms with E-state index in [-0.39, 0.29) is 18.8 Å². The number of unbranched alkanes of at least 4 members (excludes halogenated alkanes) is 3. The normalized spacial score (nSPS) is 11.1. The zero-order valence-electron chi connectivity index (χ0n) is 20.0. The Balaban J connectivity index is 2.02. The van der Waals surface area contributed by atoms with Crippen molar-refractivity contribution < 1.29 is 19.1 Å². The lowest BCUT2D eigenvalue weighted by Crippen LogP contribution is -2.13. The molecule has 35 heavy (non-hydrogen) atoms. The summed E-state index contributed by atoms with van der Waals surface area (Å²) in [6.45, 7) is 6.08. The van der Waals surface area contributed by atoms with Crippen molar-refractivity contribution in [3.8, 4) is 17.3 Å². The number of ether oxygens (including phenoxy) is 2. The Morgan fingerprint density at radius 1 is 1.00 bits per heavy atom. The molecule has 0 fully saturated rings. The maximum absolute atomic E-state index is 12.6. The van der Waals surface area contributed by atoms with Gasteiger partial charge in [-0.05, 0) is 24.1 Å². The molecule has 0 spiro atoms. The molecule has 0 saturated carbocycles. The summed E-state index contributed by atoms with van der Waals surface area (Å²) in [4.78, 5) is 23.8. The Kier molecular flexibility index (Phi) is 9.44. The van der Waals surface area contributed by atoms with Crippen LogP contribution in [-0.4, -0.2) is 29.7 Å². The average Bonchev–Trinajstić information content (AvgIpc) is 3.20. The highest BCUT2D eigenvalue weighted by Crippen LogP contribution is 2.36. The van der Waals surface area contributed by atoms with Crippen LogP contribution in [0.15, 0.2) is 72.8 Å². The van der Waals surface area contributed by atoms with Gasteiger partial charge in [-0.1, -0.05) is 81.3 Å². The van der Waals surface area contributed by atoms with E-state index in [1.54, 1.807) is 6.08 Å².